The number of hydrogen-bond donors (Lipinski definition) is 1. The maximum absolute atomic E-state index is 5.60. The molecule has 0 amide bonds. The molecule has 1 aromatic heterocycles. The zero-order chi connectivity index (χ0) is 13.4. The Morgan fingerprint density at radius 1 is 1.44 bits per heavy atom. The van der Waals surface area contributed by atoms with E-state index in [1.54, 1.807) is 0 Å². The minimum Gasteiger partial charge on any atom is -0.468 e. The Kier molecular flexibility index (Phi) is 6.76. The van der Waals surface area contributed by atoms with Gasteiger partial charge >= 0.3 is 0 Å². The van der Waals surface area contributed by atoms with E-state index in [2.05, 4.69) is 43.6 Å². The van der Waals surface area contributed by atoms with Crippen molar-refractivity contribution in [3.05, 3.63) is 35.8 Å². The fourth-order valence-electron chi connectivity index (χ4n) is 1.89. The third kappa shape index (κ3) is 5.52. The van der Waals surface area contributed by atoms with Crippen LogP contribution < -0.4 is 5.32 Å². The average molecular weight is 250 g/mol. The van der Waals surface area contributed by atoms with Gasteiger partial charge in [-0.15, -0.1) is 0 Å². The molecule has 0 atom stereocenters. The highest BCUT2D eigenvalue weighted by atomic mass is 16.3. The summed E-state index contributed by atoms with van der Waals surface area (Å²) < 4.78 is 5.60. The fourth-order valence-corrected chi connectivity index (χ4v) is 1.89. The molecule has 0 saturated carbocycles. The molecule has 1 aromatic rings. The van der Waals surface area contributed by atoms with Gasteiger partial charge in [0.25, 0.3) is 0 Å². The highest BCUT2D eigenvalue weighted by molar-refractivity contribution is 5.12. The zero-order valence-corrected chi connectivity index (χ0v) is 12.0. The highest BCUT2D eigenvalue weighted by Crippen LogP contribution is 2.11. The molecule has 0 bridgehead atoms. The van der Waals surface area contributed by atoms with Gasteiger partial charge in [0.05, 0.1) is 12.8 Å². The SMILES string of the molecule is C=C(C)CN(CC)Cc1cc(CNCCC)co1. The van der Waals surface area contributed by atoms with E-state index in [0.717, 1.165) is 44.9 Å². The monoisotopic (exact) mass is 250 g/mol. The summed E-state index contributed by atoms with van der Waals surface area (Å²) in [6, 6.07) is 2.14. The van der Waals surface area contributed by atoms with Crippen molar-refractivity contribution in [1.29, 1.82) is 0 Å². The largest absolute Gasteiger partial charge is 0.468 e. The van der Waals surface area contributed by atoms with Crippen LogP contribution in [-0.4, -0.2) is 24.5 Å². The van der Waals surface area contributed by atoms with Crippen molar-refractivity contribution in [3.63, 3.8) is 0 Å². The first-order valence-corrected chi connectivity index (χ1v) is 6.79. The van der Waals surface area contributed by atoms with E-state index in [1.165, 1.54) is 11.1 Å². The molecule has 0 spiro atoms. The zero-order valence-electron chi connectivity index (χ0n) is 12.0. The average Bonchev–Trinajstić information content (AvgIpc) is 2.76. The molecule has 1 N–H and O–H groups in total. The van der Waals surface area contributed by atoms with Crippen molar-refractivity contribution in [3.8, 4) is 0 Å². The molecule has 0 unspecified atom stereocenters. The lowest BCUT2D eigenvalue weighted by atomic mass is 10.2. The normalized spacial score (nSPS) is 11.1. The Morgan fingerprint density at radius 2 is 2.22 bits per heavy atom. The van der Waals surface area contributed by atoms with E-state index in [1.807, 2.05) is 6.26 Å². The third-order valence-electron chi connectivity index (χ3n) is 2.78. The molecule has 0 radical (unpaired) electrons. The molecule has 102 valence electrons. The second kappa shape index (κ2) is 8.11. The fraction of sp³-hybridized carbons (Fsp3) is 0.600. The smallest absolute Gasteiger partial charge is 0.118 e. The first-order chi connectivity index (χ1) is 8.65. The number of furan rings is 1. The van der Waals surface area contributed by atoms with Crippen LogP contribution in [-0.2, 0) is 13.1 Å². The lowest BCUT2D eigenvalue weighted by molar-refractivity contribution is 0.276. The van der Waals surface area contributed by atoms with Crippen molar-refractivity contribution in [2.75, 3.05) is 19.6 Å². The quantitative estimate of drug-likeness (QED) is 0.539. The van der Waals surface area contributed by atoms with Gasteiger partial charge in [-0.2, -0.15) is 0 Å². The van der Waals surface area contributed by atoms with Gasteiger partial charge < -0.3 is 9.73 Å². The first kappa shape index (κ1) is 15.0. The second-order valence-electron chi connectivity index (χ2n) is 4.86. The van der Waals surface area contributed by atoms with E-state index in [-0.39, 0.29) is 0 Å². The molecule has 1 heterocycles. The Labute approximate surface area is 111 Å². The number of nitrogens with one attached hydrogen (secondary N) is 1. The summed E-state index contributed by atoms with van der Waals surface area (Å²) in [4.78, 5) is 2.32. The van der Waals surface area contributed by atoms with Gasteiger partial charge in [-0.1, -0.05) is 26.0 Å². The molecule has 0 aliphatic rings. The summed E-state index contributed by atoms with van der Waals surface area (Å²) >= 11 is 0. The molecule has 3 heteroatoms. The van der Waals surface area contributed by atoms with Gasteiger partial charge in [-0.05, 0) is 32.5 Å². The molecule has 0 saturated heterocycles. The Balaban J connectivity index is 2.44. The maximum atomic E-state index is 5.60. The summed E-state index contributed by atoms with van der Waals surface area (Å²) in [7, 11) is 0. The summed E-state index contributed by atoms with van der Waals surface area (Å²) in [6.45, 7) is 15.1. The number of hydrogen-bond acceptors (Lipinski definition) is 3. The molecule has 0 aliphatic carbocycles. The van der Waals surface area contributed by atoms with Crippen LogP contribution in [0.2, 0.25) is 0 Å². The summed E-state index contributed by atoms with van der Waals surface area (Å²) in [5.41, 5.74) is 2.41. The number of rotatable bonds is 9. The van der Waals surface area contributed by atoms with Crippen molar-refractivity contribution in [2.45, 2.75) is 40.3 Å². The maximum Gasteiger partial charge on any atom is 0.118 e. The first-order valence-electron chi connectivity index (χ1n) is 6.79. The second-order valence-corrected chi connectivity index (χ2v) is 4.86. The van der Waals surface area contributed by atoms with Crippen molar-refractivity contribution >= 4 is 0 Å². The minimum atomic E-state index is 0.858. The van der Waals surface area contributed by atoms with Crippen LogP contribution in [0.3, 0.4) is 0 Å². The standard InChI is InChI=1S/C15H26N2O/c1-5-7-16-9-14-8-15(18-12-14)11-17(6-2)10-13(3)4/h8,12,16H,3,5-7,9-11H2,1-2,4H3. The lowest BCUT2D eigenvalue weighted by Crippen LogP contribution is -2.24. The molecular weight excluding hydrogens is 224 g/mol. The van der Waals surface area contributed by atoms with E-state index in [4.69, 9.17) is 4.42 Å². The summed E-state index contributed by atoms with van der Waals surface area (Å²) in [5.74, 6) is 1.03. The van der Waals surface area contributed by atoms with Crippen molar-refractivity contribution in [2.24, 2.45) is 0 Å². The minimum absolute atomic E-state index is 0.858. The van der Waals surface area contributed by atoms with Gasteiger partial charge in [0.2, 0.25) is 0 Å². The predicted molar refractivity (Wildman–Crippen MR) is 76.5 cm³/mol. The van der Waals surface area contributed by atoms with Gasteiger partial charge in [0.1, 0.15) is 5.76 Å². The molecule has 3 nitrogen and oxygen atoms in total. The van der Waals surface area contributed by atoms with Crippen LogP contribution >= 0.6 is 0 Å². The van der Waals surface area contributed by atoms with E-state index >= 15 is 0 Å². The molecule has 18 heavy (non-hydrogen) atoms. The van der Waals surface area contributed by atoms with Crippen LogP contribution in [0.1, 0.15) is 38.5 Å². The van der Waals surface area contributed by atoms with Gasteiger partial charge in [0, 0.05) is 18.7 Å². The molecule has 0 aliphatic heterocycles. The van der Waals surface area contributed by atoms with E-state index < -0.39 is 0 Å². The molecule has 1 rings (SSSR count). The van der Waals surface area contributed by atoms with Gasteiger partial charge in [0.15, 0.2) is 0 Å². The highest BCUT2D eigenvalue weighted by Gasteiger charge is 2.07. The Hall–Kier alpha value is -1.06. The van der Waals surface area contributed by atoms with Crippen LogP contribution in [0, 0.1) is 0 Å². The van der Waals surface area contributed by atoms with Crippen molar-refractivity contribution in [1.82, 2.24) is 10.2 Å². The summed E-state index contributed by atoms with van der Waals surface area (Å²) in [6.07, 6.45) is 3.01. The Morgan fingerprint density at radius 3 is 2.83 bits per heavy atom. The van der Waals surface area contributed by atoms with E-state index in [9.17, 15) is 0 Å². The van der Waals surface area contributed by atoms with Gasteiger partial charge in [-0.25, -0.2) is 0 Å². The van der Waals surface area contributed by atoms with Crippen LogP contribution in [0.25, 0.3) is 0 Å². The van der Waals surface area contributed by atoms with Crippen molar-refractivity contribution < 1.29 is 4.42 Å². The van der Waals surface area contributed by atoms with Gasteiger partial charge in [-0.3, -0.25) is 4.90 Å². The van der Waals surface area contributed by atoms with Crippen LogP contribution in [0.15, 0.2) is 28.9 Å². The third-order valence-corrected chi connectivity index (χ3v) is 2.78. The molecule has 0 fully saturated rings. The molecule has 0 aromatic carbocycles. The number of likely N-dealkylation sites (N-methyl/N-ethyl adjacent to an activating group) is 1. The predicted octanol–water partition coefficient (Wildman–Crippen LogP) is 3.18. The van der Waals surface area contributed by atoms with E-state index in [0.29, 0.717) is 0 Å². The Bertz CT molecular complexity index is 357. The van der Waals surface area contributed by atoms with Crippen LogP contribution in [0.4, 0.5) is 0 Å². The topological polar surface area (TPSA) is 28.4 Å². The summed E-state index contributed by atoms with van der Waals surface area (Å²) in [5, 5.41) is 3.38. The lowest BCUT2D eigenvalue weighted by Gasteiger charge is -2.18. The molecular formula is C15H26N2O. The number of nitrogens with zero attached hydrogens (tertiary/aromatic N) is 1. The van der Waals surface area contributed by atoms with Crippen LogP contribution in [0.5, 0.6) is 0 Å².